The fourth-order valence-corrected chi connectivity index (χ4v) is 2.73. The van der Waals surface area contributed by atoms with Crippen LogP contribution >= 0.6 is 0 Å². The molecule has 0 saturated heterocycles. The molecule has 0 fully saturated rings. The number of nitrogens with zero attached hydrogens (tertiary/aromatic N) is 1. The first-order valence-electron chi connectivity index (χ1n) is 4.67. The monoisotopic (exact) mass is 221 g/mol. The molecule has 0 radical (unpaired) electrons. The molecular weight excluding hydrogens is 202 g/mol. The van der Waals surface area contributed by atoms with E-state index < -0.39 is 10.0 Å². The second-order valence-electron chi connectivity index (χ2n) is 3.35. The number of sulfonamides is 1. The van der Waals surface area contributed by atoms with E-state index in [0.29, 0.717) is 13.0 Å². The molecule has 0 aliphatic carbocycles. The number of aliphatic hydroxyl groups is 1. The minimum absolute atomic E-state index is 0.00678. The van der Waals surface area contributed by atoms with E-state index in [1.165, 1.54) is 10.4 Å². The Kier molecular flexibility index (Phi) is 5.99. The smallest absolute Gasteiger partial charge is 0.217 e. The van der Waals surface area contributed by atoms with Crippen LogP contribution in [0.1, 0.15) is 20.3 Å². The molecular formula is C9H19NO3S. The van der Waals surface area contributed by atoms with E-state index in [9.17, 15) is 8.42 Å². The van der Waals surface area contributed by atoms with Crippen molar-refractivity contribution < 1.29 is 13.5 Å². The molecule has 0 atom stereocenters. The van der Waals surface area contributed by atoms with E-state index in [2.05, 4.69) is 6.58 Å². The quantitative estimate of drug-likeness (QED) is 0.640. The third-order valence-corrected chi connectivity index (χ3v) is 3.77. The fourth-order valence-electron chi connectivity index (χ4n) is 1.19. The summed E-state index contributed by atoms with van der Waals surface area (Å²) in [5, 5.41) is 8.65. The number of hydrogen-bond donors (Lipinski definition) is 1. The Morgan fingerprint density at radius 3 is 2.43 bits per heavy atom. The van der Waals surface area contributed by atoms with Gasteiger partial charge >= 0.3 is 0 Å². The van der Waals surface area contributed by atoms with Gasteiger partial charge in [0.15, 0.2) is 0 Å². The van der Waals surface area contributed by atoms with Crippen molar-refractivity contribution in [2.24, 2.45) is 0 Å². The highest BCUT2D eigenvalue weighted by Crippen LogP contribution is 2.08. The first-order chi connectivity index (χ1) is 6.45. The van der Waals surface area contributed by atoms with Gasteiger partial charge in [-0.2, -0.15) is 4.31 Å². The molecule has 14 heavy (non-hydrogen) atoms. The predicted molar refractivity (Wildman–Crippen MR) is 57.5 cm³/mol. The van der Waals surface area contributed by atoms with E-state index >= 15 is 0 Å². The lowest BCUT2D eigenvalue weighted by molar-refractivity contribution is 0.258. The Labute approximate surface area is 86.3 Å². The SMILES string of the molecule is C=CCS(=O)(=O)N(CCCO)C(C)C. The number of aliphatic hydroxyl groups excluding tert-OH is 1. The molecule has 0 aliphatic heterocycles. The van der Waals surface area contributed by atoms with Gasteiger partial charge in [0.05, 0.1) is 5.75 Å². The van der Waals surface area contributed by atoms with Crippen molar-refractivity contribution in [3.05, 3.63) is 12.7 Å². The Bertz CT molecular complexity index is 259. The van der Waals surface area contributed by atoms with E-state index in [4.69, 9.17) is 5.11 Å². The number of rotatable bonds is 7. The lowest BCUT2D eigenvalue weighted by Crippen LogP contribution is -2.39. The van der Waals surface area contributed by atoms with E-state index in [-0.39, 0.29) is 18.4 Å². The molecule has 0 spiro atoms. The van der Waals surface area contributed by atoms with Crippen molar-refractivity contribution in [1.82, 2.24) is 4.31 Å². The highest BCUT2D eigenvalue weighted by atomic mass is 32.2. The van der Waals surface area contributed by atoms with Gasteiger partial charge in [0.1, 0.15) is 0 Å². The predicted octanol–water partition coefficient (Wildman–Crippen LogP) is 0.595. The molecule has 0 unspecified atom stereocenters. The Hall–Kier alpha value is -0.390. The van der Waals surface area contributed by atoms with Gasteiger partial charge in [-0.05, 0) is 20.3 Å². The second kappa shape index (κ2) is 6.16. The van der Waals surface area contributed by atoms with Crippen LogP contribution in [0.3, 0.4) is 0 Å². The van der Waals surface area contributed by atoms with Gasteiger partial charge in [0, 0.05) is 19.2 Å². The average Bonchev–Trinajstić information content (AvgIpc) is 2.03. The van der Waals surface area contributed by atoms with Crippen LogP contribution < -0.4 is 0 Å². The summed E-state index contributed by atoms with van der Waals surface area (Å²) < 4.78 is 24.7. The van der Waals surface area contributed by atoms with Gasteiger partial charge in [0.2, 0.25) is 10.0 Å². The maximum atomic E-state index is 11.7. The Morgan fingerprint density at radius 2 is 2.07 bits per heavy atom. The van der Waals surface area contributed by atoms with Gasteiger partial charge in [-0.15, -0.1) is 6.58 Å². The van der Waals surface area contributed by atoms with Crippen molar-refractivity contribution >= 4 is 10.0 Å². The first kappa shape index (κ1) is 13.6. The summed E-state index contributed by atoms with van der Waals surface area (Å²) in [6.07, 6.45) is 1.85. The van der Waals surface area contributed by atoms with E-state index in [0.717, 1.165) is 0 Å². The van der Waals surface area contributed by atoms with Gasteiger partial charge in [-0.3, -0.25) is 0 Å². The van der Waals surface area contributed by atoms with Crippen molar-refractivity contribution in [2.45, 2.75) is 26.3 Å². The molecule has 5 heteroatoms. The first-order valence-corrected chi connectivity index (χ1v) is 6.28. The van der Waals surface area contributed by atoms with E-state index in [1.807, 2.05) is 13.8 Å². The van der Waals surface area contributed by atoms with Crippen molar-refractivity contribution in [2.75, 3.05) is 18.9 Å². The van der Waals surface area contributed by atoms with Crippen LogP contribution in [0.2, 0.25) is 0 Å². The van der Waals surface area contributed by atoms with Crippen molar-refractivity contribution in [1.29, 1.82) is 0 Å². The molecule has 0 saturated carbocycles. The molecule has 0 aromatic heterocycles. The van der Waals surface area contributed by atoms with Crippen molar-refractivity contribution in [3.63, 3.8) is 0 Å². The summed E-state index contributed by atoms with van der Waals surface area (Å²) in [4.78, 5) is 0. The number of hydrogen-bond acceptors (Lipinski definition) is 3. The molecule has 84 valence electrons. The third kappa shape index (κ3) is 4.21. The molecule has 0 aliphatic rings. The minimum atomic E-state index is -3.24. The van der Waals surface area contributed by atoms with Crippen LogP contribution in [0.15, 0.2) is 12.7 Å². The molecule has 0 rings (SSSR count). The lowest BCUT2D eigenvalue weighted by Gasteiger charge is -2.24. The summed E-state index contributed by atoms with van der Waals surface area (Å²) in [5.74, 6) is -0.0450. The maximum absolute atomic E-state index is 11.7. The normalized spacial score (nSPS) is 12.4. The van der Waals surface area contributed by atoms with Crippen LogP contribution in [0.25, 0.3) is 0 Å². The highest BCUT2D eigenvalue weighted by molar-refractivity contribution is 7.89. The van der Waals surface area contributed by atoms with E-state index in [1.54, 1.807) is 0 Å². The zero-order valence-electron chi connectivity index (χ0n) is 8.81. The molecule has 0 aromatic rings. The van der Waals surface area contributed by atoms with Crippen molar-refractivity contribution in [3.8, 4) is 0 Å². The minimum Gasteiger partial charge on any atom is -0.396 e. The standard InChI is InChI=1S/C9H19NO3S/c1-4-8-14(12,13)10(9(2)3)6-5-7-11/h4,9,11H,1,5-8H2,2-3H3. The van der Waals surface area contributed by atoms with Gasteiger partial charge in [-0.1, -0.05) is 6.08 Å². The zero-order chi connectivity index (χ0) is 11.2. The van der Waals surface area contributed by atoms with Gasteiger partial charge in [-0.25, -0.2) is 8.42 Å². The highest BCUT2D eigenvalue weighted by Gasteiger charge is 2.22. The van der Waals surface area contributed by atoms with Crippen LogP contribution in [-0.2, 0) is 10.0 Å². The molecule has 0 amide bonds. The Balaban J connectivity index is 4.55. The zero-order valence-corrected chi connectivity index (χ0v) is 9.63. The Morgan fingerprint density at radius 1 is 1.50 bits per heavy atom. The second-order valence-corrected chi connectivity index (χ2v) is 5.32. The molecule has 0 bridgehead atoms. The summed E-state index contributed by atoms with van der Waals surface area (Å²) >= 11 is 0. The summed E-state index contributed by atoms with van der Waals surface area (Å²) in [5.41, 5.74) is 0. The van der Waals surface area contributed by atoms with Crippen LogP contribution in [0, 0.1) is 0 Å². The van der Waals surface area contributed by atoms with Crippen LogP contribution in [-0.4, -0.2) is 42.8 Å². The van der Waals surface area contributed by atoms with Crippen LogP contribution in [0.4, 0.5) is 0 Å². The fraction of sp³-hybridized carbons (Fsp3) is 0.778. The lowest BCUT2D eigenvalue weighted by atomic mass is 10.3. The summed E-state index contributed by atoms with van der Waals surface area (Å²) in [7, 11) is -3.24. The topological polar surface area (TPSA) is 57.6 Å². The molecule has 0 aromatic carbocycles. The molecule has 0 heterocycles. The third-order valence-electron chi connectivity index (χ3n) is 1.80. The largest absolute Gasteiger partial charge is 0.396 e. The molecule has 4 nitrogen and oxygen atoms in total. The van der Waals surface area contributed by atoms with Gasteiger partial charge in [0.25, 0.3) is 0 Å². The molecule has 1 N–H and O–H groups in total. The summed E-state index contributed by atoms with van der Waals surface area (Å²) in [6.45, 7) is 7.42. The maximum Gasteiger partial charge on any atom is 0.217 e. The van der Waals surface area contributed by atoms with Crippen LogP contribution in [0.5, 0.6) is 0 Å². The average molecular weight is 221 g/mol. The van der Waals surface area contributed by atoms with Gasteiger partial charge < -0.3 is 5.11 Å². The summed E-state index contributed by atoms with van der Waals surface area (Å²) in [6, 6.07) is -0.0773.